The number of ether oxygens (including phenoxy) is 1. The van der Waals surface area contributed by atoms with Gasteiger partial charge in [-0.25, -0.2) is 0 Å². The van der Waals surface area contributed by atoms with E-state index in [0.717, 1.165) is 23.6 Å². The molecule has 0 unspecified atom stereocenters. The van der Waals surface area contributed by atoms with Crippen LogP contribution in [-0.4, -0.2) is 9.36 Å². The smallest absolute Gasteiger partial charge is 0.298 e. The van der Waals surface area contributed by atoms with Crippen molar-refractivity contribution >= 4 is 11.5 Å². The molecular weight excluding hydrogens is 244 g/mol. The molecule has 0 bridgehead atoms. The van der Waals surface area contributed by atoms with Crippen LogP contribution in [0.4, 0.5) is 0 Å². The summed E-state index contributed by atoms with van der Waals surface area (Å²) in [5, 5.41) is 0.633. The Morgan fingerprint density at radius 2 is 2.22 bits per heavy atom. The molecular formula is C14H14N2OS. The van der Waals surface area contributed by atoms with E-state index in [2.05, 4.69) is 15.9 Å². The van der Waals surface area contributed by atoms with Crippen molar-refractivity contribution in [2.45, 2.75) is 25.2 Å². The highest BCUT2D eigenvalue weighted by Crippen LogP contribution is 2.40. The first-order valence-electron chi connectivity index (χ1n) is 6.07. The van der Waals surface area contributed by atoms with Gasteiger partial charge in [0.25, 0.3) is 5.19 Å². The third-order valence-electron chi connectivity index (χ3n) is 2.90. The summed E-state index contributed by atoms with van der Waals surface area (Å²) in [7, 11) is 0. The summed E-state index contributed by atoms with van der Waals surface area (Å²) in [5.41, 5.74) is 1.12. The molecule has 0 atom stereocenters. The molecule has 3 rings (SSSR count). The van der Waals surface area contributed by atoms with Crippen LogP contribution in [0.5, 0.6) is 10.9 Å². The van der Waals surface area contributed by atoms with Crippen molar-refractivity contribution in [2.24, 2.45) is 0 Å². The number of allylic oxidation sites excluding steroid dienone is 1. The van der Waals surface area contributed by atoms with Crippen molar-refractivity contribution in [1.29, 1.82) is 0 Å². The zero-order valence-electron chi connectivity index (χ0n) is 10.0. The maximum atomic E-state index is 5.82. The third kappa shape index (κ3) is 2.43. The lowest BCUT2D eigenvalue weighted by atomic mass is 10.1. The Labute approximate surface area is 110 Å². The number of benzene rings is 1. The maximum Gasteiger partial charge on any atom is 0.298 e. The zero-order chi connectivity index (χ0) is 12.4. The first kappa shape index (κ1) is 11.4. The molecule has 92 valence electrons. The van der Waals surface area contributed by atoms with Gasteiger partial charge in [-0.2, -0.15) is 9.36 Å². The Morgan fingerprint density at radius 1 is 1.39 bits per heavy atom. The van der Waals surface area contributed by atoms with Crippen molar-refractivity contribution in [2.75, 3.05) is 0 Å². The van der Waals surface area contributed by atoms with E-state index in [1.807, 2.05) is 30.3 Å². The first-order chi connectivity index (χ1) is 8.86. The van der Waals surface area contributed by atoms with Crippen LogP contribution in [-0.2, 0) is 6.42 Å². The number of hydrogen-bond donors (Lipinski definition) is 0. The van der Waals surface area contributed by atoms with Gasteiger partial charge in [-0.3, -0.25) is 0 Å². The van der Waals surface area contributed by atoms with Crippen LogP contribution in [0.3, 0.4) is 0 Å². The Kier molecular flexibility index (Phi) is 3.11. The van der Waals surface area contributed by atoms with E-state index in [9.17, 15) is 0 Å². The molecule has 2 aromatic rings. The number of hydrogen-bond acceptors (Lipinski definition) is 4. The van der Waals surface area contributed by atoms with Crippen molar-refractivity contribution in [1.82, 2.24) is 9.36 Å². The second kappa shape index (κ2) is 4.90. The Bertz CT molecular complexity index is 560. The minimum absolute atomic E-state index is 0.571. The van der Waals surface area contributed by atoms with Gasteiger partial charge >= 0.3 is 0 Å². The van der Waals surface area contributed by atoms with Crippen LogP contribution < -0.4 is 4.74 Å². The minimum Gasteiger partial charge on any atom is -0.430 e. The minimum atomic E-state index is 0.571. The van der Waals surface area contributed by atoms with Crippen LogP contribution in [0, 0.1) is 0 Å². The second-order valence-corrected chi connectivity index (χ2v) is 5.11. The van der Waals surface area contributed by atoms with Crippen molar-refractivity contribution in [3.05, 3.63) is 48.3 Å². The lowest BCUT2D eigenvalue weighted by molar-refractivity contribution is 0.472. The molecule has 0 radical (unpaired) electrons. The molecule has 1 heterocycles. The summed E-state index contributed by atoms with van der Waals surface area (Å²) < 4.78 is 10.2. The number of rotatable bonds is 5. The molecule has 1 aromatic carbocycles. The lowest BCUT2D eigenvalue weighted by Crippen LogP contribution is -1.90. The van der Waals surface area contributed by atoms with Gasteiger partial charge in [0.1, 0.15) is 11.6 Å². The van der Waals surface area contributed by atoms with Crippen molar-refractivity contribution in [3.8, 4) is 10.9 Å². The highest BCUT2D eigenvalue weighted by Gasteiger charge is 2.28. The second-order valence-electron chi connectivity index (χ2n) is 4.40. The van der Waals surface area contributed by atoms with Crippen molar-refractivity contribution in [3.63, 3.8) is 0 Å². The largest absolute Gasteiger partial charge is 0.430 e. The molecule has 0 aliphatic heterocycles. The average molecular weight is 258 g/mol. The highest BCUT2D eigenvalue weighted by molar-refractivity contribution is 7.07. The summed E-state index contributed by atoms with van der Waals surface area (Å²) in [6, 6.07) is 7.96. The van der Waals surface area contributed by atoms with E-state index >= 15 is 0 Å². The molecule has 18 heavy (non-hydrogen) atoms. The first-order valence-corrected chi connectivity index (χ1v) is 6.84. The summed E-state index contributed by atoms with van der Waals surface area (Å²) >= 11 is 1.33. The fraction of sp³-hybridized carbons (Fsp3) is 0.286. The third-order valence-corrected chi connectivity index (χ3v) is 3.51. The van der Waals surface area contributed by atoms with E-state index in [4.69, 9.17) is 4.74 Å². The van der Waals surface area contributed by atoms with Gasteiger partial charge < -0.3 is 4.74 Å². The van der Waals surface area contributed by atoms with Gasteiger partial charge in [0.2, 0.25) is 0 Å². The molecule has 0 amide bonds. The molecule has 1 saturated carbocycles. The van der Waals surface area contributed by atoms with Crippen LogP contribution in [0.15, 0.2) is 36.9 Å². The van der Waals surface area contributed by atoms with E-state index in [-0.39, 0.29) is 0 Å². The molecule has 0 N–H and O–H groups in total. The fourth-order valence-electron chi connectivity index (χ4n) is 1.79. The monoisotopic (exact) mass is 258 g/mol. The lowest BCUT2D eigenvalue weighted by Gasteiger charge is -2.06. The number of aromatic nitrogens is 2. The van der Waals surface area contributed by atoms with E-state index in [0.29, 0.717) is 11.1 Å². The SMILES string of the molecule is C=CCc1ccccc1Oc1nc(C2CC2)ns1. The van der Waals surface area contributed by atoms with Crippen LogP contribution >= 0.6 is 11.5 Å². The van der Waals surface area contributed by atoms with Gasteiger partial charge in [-0.15, -0.1) is 6.58 Å². The number of para-hydroxylation sites is 1. The number of nitrogens with zero attached hydrogens (tertiary/aromatic N) is 2. The maximum absolute atomic E-state index is 5.82. The Morgan fingerprint density at radius 3 is 3.00 bits per heavy atom. The normalized spacial score (nSPS) is 14.4. The predicted molar refractivity (Wildman–Crippen MR) is 72.3 cm³/mol. The van der Waals surface area contributed by atoms with Gasteiger partial charge in [-0.05, 0) is 30.9 Å². The van der Waals surface area contributed by atoms with Crippen LogP contribution in [0.25, 0.3) is 0 Å². The molecule has 3 nitrogen and oxygen atoms in total. The highest BCUT2D eigenvalue weighted by atomic mass is 32.1. The standard InChI is InChI=1S/C14H14N2OS/c1-2-5-10-6-3-4-7-12(10)17-14-15-13(16-18-14)11-8-9-11/h2-4,6-7,11H,1,5,8-9H2. The molecule has 0 saturated heterocycles. The molecule has 1 aliphatic rings. The molecule has 1 aliphatic carbocycles. The van der Waals surface area contributed by atoms with Gasteiger partial charge in [0.15, 0.2) is 0 Å². The topological polar surface area (TPSA) is 35.0 Å². The molecule has 0 spiro atoms. The zero-order valence-corrected chi connectivity index (χ0v) is 10.8. The van der Waals surface area contributed by atoms with Gasteiger partial charge in [-0.1, -0.05) is 24.3 Å². The van der Waals surface area contributed by atoms with Crippen LogP contribution in [0.2, 0.25) is 0 Å². The Hall–Kier alpha value is -1.68. The van der Waals surface area contributed by atoms with Crippen molar-refractivity contribution < 1.29 is 4.74 Å². The van der Waals surface area contributed by atoms with Gasteiger partial charge in [0, 0.05) is 17.5 Å². The fourth-order valence-corrected chi connectivity index (χ4v) is 2.41. The van der Waals surface area contributed by atoms with Gasteiger partial charge in [0.05, 0.1) is 0 Å². The van der Waals surface area contributed by atoms with E-state index < -0.39 is 0 Å². The Balaban J connectivity index is 1.79. The molecule has 4 heteroatoms. The summed E-state index contributed by atoms with van der Waals surface area (Å²) in [6.45, 7) is 3.76. The van der Waals surface area contributed by atoms with E-state index in [1.165, 1.54) is 24.4 Å². The quantitative estimate of drug-likeness (QED) is 0.762. The summed E-state index contributed by atoms with van der Waals surface area (Å²) in [4.78, 5) is 4.43. The summed E-state index contributed by atoms with van der Waals surface area (Å²) in [5.74, 6) is 2.36. The van der Waals surface area contributed by atoms with E-state index in [1.54, 1.807) is 0 Å². The van der Waals surface area contributed by atoms with Crippen LogP contribution in [0.1, 0.15) is 30.1 Å². The predicted octanol–water partition coefficient (Wildman–Crippen LogP) is 3.94. The molecule has 1 aromatic heterocycles. The average Bonchev–Trinajstić information content (AvgIpc) is 3.13. The summed E-state index contributed by atoms with van der Waals surface area (Å²) in [6.07, 6.45) is 5.09. The molecule has 1 fully saturated rings.